The van der Waals surface area contributed by atoms with Gasteiger partial charge in [-0.3, -0.25) is 19.3 Å². The van der Waals surface area contributed by atoms with Crippen LogP contribution >= 0.6 is 11.6 Å². The van der Waals surface area contributed by atoms with Crippen molar-refractivity contribution < 1.29 is 41.9 Å². The van der Waals surface area contributed by atoms with Gasteiger partial charge in [0.1, 0.15) is 29.3 Å². The minimum absolute atomic E-state index is 0.0710. The van der Waals surface area contributed by atoms with Crippen LogP contribution in [0.1, 0.15) is 103 Å². The SMILES string of the molecule is CC(C)(C)OC(=O)N[C@H]1CCCCCCC[C@@H]2C[C@@]2(C(=O)NS(=O)(=O)N2CCCC2)NC(=O)[C@@H]2C[C@@H](OC(=O)N3Cc4cccc(Cl)c4C3)CN2C1=O. The first kappa shape index (κ1) is 39.1. The molecule has 5 aliphatic rings. The fourth-order valence-electron chi connectivity index (χ4n) is 7.95. The van der Waals surface area contributed by atoms with Crippen LogP contribution in [0, 0.1) is 5.92 Å². The van der Waals surface area contributed by atoms with E-state index >= 15 is 0 Å². The Morgan fingerprint density at radius 3 is 2.38 bits per heavy atom. The fourth-order valence-corrected chi connectivity index (χ4v) is 9.49. The molecule has 3 N–H and O–H groups in total. The second-order valence-electron chi connectivity index (χ2n) is 15.9. The highest BCUT2D eigenvalue weighted by atomic mass is 35.5. The second kappa shape index (κ2) is 15.6. The molecule has 3 saturated heterocycles. The summed E-state index contributed by atoms with van der Waals surface area (Å²) in [6.45, 7) is 6.15. The number of ether oxygens (including phenoxy) is 2. The smallest absolute Gasteiger partial charge is 0.410 e. The maximum absolute atomic E-state index is 14.4. The fraction of sp³-hybridized carbons (Fsp3) is 0.694. The van der Waals surface area contributed by atoms with Gasteiger partial charge >= 0.3 is 22.4 Å². The molecule has 6 rings (SSSR count). The van der Waals surface area contributed by atoms with Crippen LogP contribution in [-0.2, 0) is 47.2 Å². The number of rotatable bonds is 5. The lowest BCUT2D eigenvalue weighted by molar-refractivity contribution is -0.141. The van der Waals surface area contributed by atoms with Gasteiger partial charge in [-0.1, -0.05) is 55.8 Å². The molecule has 0 unspecified atom stereocenters. The molecule has 4 heterocycles. The van der Waals surface area contributed by atoms with Crippen molar-refractivity contribution >= 4 is 51.7 Å². The number of nitrogens with one attached hydrogen (secondary N) is 3. The molecule has 0 radical (unpaired) electrons. The average Bonchev–Trinajstić information content (AvgIpc) is 3.55. The third-order valence-electron chi connectivity index (χ3n) is 10.8. The maximum Gasteiger partial charge on any atom is 0.410 e. The molecule has 1 aromatic carbocycles. The number of halogens is 1. The molecule has 17 heteroatoms. The van der Waals surface area contributed by atoms with Gasteiger partial charge in [-0.05, 0) is 76.0 Å². The van der Waals surface area contributed by atoms with E-state index in [4.69, 9.17) is 21.1 Å². The molecule has 1 saturated carbocycles. The minimum atomic E-state index is -4.12. The Labute approximate surface area is 316 Å². The van der Waals surface area contributed by atoms with Gasteiger partial charge in [-0.15, -0.1) is 0 Å². The molecule has 0 spiro atoms. The number of hydrogen-bond donors (Lipinski definition) is 3. The molecule has 5 atom stereocenters. The monoisotopic (exact) mass is 778 g/mol. The van der Waals surface area contributed by atoms with E-state index in [-0.39, 0.29) is 38.4 Å². The molecule has 53 heavy (non-hydrogen) atoms. The van der Waals surface area contributed by atoms with Gasteiger partial charge in [-0.2, -0.15) is 12.7 Å². The Hall–Kier alpha value is -3.63. The van der Waals surface area contributed by atoms with Gasteiger partial charge in [0.25, 0.3) is 5.91 Å². The van der Waals surface area contributed by atoms with Gasteiger partial charge in [0.15, 0.2) is 0 Å². The molecule has 4 aliphatic heterocycles. The van der Waals surface area contributed by atoms with Crippen LogP contribution in [0.3, 0.4) is 0 Å². The van der Waals surface area contributed by atoms with E-state index in [1.165, 1.54) is 14.1 Å². The Balaban J connectivity index is 1.24. The standard InChI is InChI=1S/C36H51ClN6O9S/c1-35(2,3)52-33(47)38-28-15-8-6-4-5-7-13-24-19-36(24,32(46)40-53(49,50)42-16-9-10-17-42)39-30(44)29-18-25(21-43(29)31(28)45)51-34(48)41-20-23-12-11-14-27(37)26(23)22-41/h11-12,14,24-25,28-29H,4-10,13,15-22H2,1-3H3,(H,38,47)(H,39,44)(H,40,46)/t24-,25-,28+,29+,36-/m1/s1. The maximum atomic E-state index is 14.4. The third-order valence-corrected chi connectivity index (χ3v) is 12.7. The quantitative estimate of drug-likeness (QED) is 0.401. The Kier molecular flexibility index (Phi) is 11.5. The number of benzene rings is 1. The van der Waals surface area contributed by atoms with E-state index in [0.717, 1.165) is 36.8 Å². The molecule has 4 fully saturated rings. The van der Waals surface area contributed by atoms with E-state index < -0.39 is 69.4 Å². The van der Waals surface area contributed by atoms with Gasteiger partial charge in [0.2, 0.25) is 11.8 Å². The molecule has 1 aliphatic carbocycles. The molecule has 292 valence electrons. The zero-order chi connectivity index (χ0) is 38.1. The van der Waals surface area contributed by atoms with Crippen molar-refractivity contribution in [3.05, 3.63) is 34.3 Å². The van der Waals surface area contributed by atoms with Crippen molar-refractivity contribution in [1.29, 1.82) is 0 Å². The number of carbonyl (C=O) groups is 5. The van der Waals surface area contributed by atoms with Crippen molar-refractivity contribution in [2.75, 3.05) is 19.6 Å². The molecule has 15 nitrogen and oxygen atoms in total. The molecule has 5 amide bonds. The lowest BCUT2D eigenvalue weighted by Crippen LogP contribution is -2.59. The minimum Gasteiger partial charge on any atom is -0.444 e. The van der Waals surface area contributed by atoms with Crippen LogP contribution in [-0.4, -0.2) is 101 Å². The summed E-state index contributed by atoms with van der Waals surface area (Å²) in [6, 6.07) is 3.23. The number of amides is 5. The van der Waals surface area contributed by atoms with E-state index in [9.17, 15) is 32.4 Å². The highest BCUT2D eigenvalue weighted by Crippen LogP contribution is 2.48. The highest BCUT2D eigenvalue weighted by Gasteiger charge is 2.62. The van der Waals surface area contributed by atoms with Gasteiger partial charge in [0, 0.05) is 31.1 Å². The van der Waals surface area contributed by atoms with Gasteiger partial charge in [0.05, 0.1) is 13.1 Å². The topological polar surface area (TPSA) is 184 Å². The van der Waals surface area contributed by atoms with Crippen molar-refractivity contribution in [3.63, 3.8) is 0 Å². The van der Waals surface area contributed by atoms with Crippen LogP contribution in [0.5, 0.6) is 0 Å². The predicted molar refractivity (Wildman–Crippen MR) is 193 cm³/mol. The summed E-state index contributed by atoms with van der Waals surface area (Å²) < 4.78 is 41.1. The largest absolute Gasteiger partial charge is 0.444 e. The lowest BCUT2D eigenvalue weighted by atomic mass is 10.0. The van der Waals surface area contributed by atoms with Crippen molar-refractivity contribution in [2.24, 2.45) is 5.92 Å². The summed E-state index contributed by atoms with van der Waals surface area (Å²) >= 11 is 6.37. The predicted octanol–water partition coefficient (Wildman–Crippen LogP) is 3.73. The Morgan fingerprint density at radius 2 is 1.68 bits per heavy atom. The summed E-state index contributed by atoms with van der Waals surface area (Å²) in [4.78, 5) is 71.7. The van der Waals surface area contributed by atoms with Gasteiger partial charge in [-0.25, -0.2) is 14.3 Å². The highest BCUT2D eigenvalue weighted by molar-refractivity contribution is 7.87. The summed E-state index contributed by atoms with van der Waals surface area (Å²) in [6.07, 6.45) is 4.05. The van der Waals surface area contributed by atoms with E-state index in [2.05, 4.69) is 15.4 Å². The average molecular weight is 779 g/mol. The van der Waals surface area contributed by atoms with E-state index in [1.54, 1.807) is 26.8 Å². The number of nitrogens with zero attached hydrogens (tertiary/aromatic N) is 3. The summed E-state index contributed by atoms with van der Waals surface area (Å²) in [5.74, 6) is -2.32. The van der Waals surface area contributed by atoms with Crippen LogP contribution in [0.25, 0.3) is 0 Å². The number of carbonyl (C=O) groups excluding carboxylic acids is 5. The van der Waals surface area contributed by atoms with Crippen LogP contribution in [0.4, 0.5) is 9.59 Å². The number of fused-ring (bicyclic) bond motifs is 3. The number of alkyl carbamates (subject to hydrolysis) is 1. The lowest BCUT2D eigenvalue weighted by Gasteiger charge is -2.30. The van der Waals surface area contributed by atoms with Crippen molar-refractivity contribution in [3.8, 4) is 0 Å². The van der Waals surface area contributed by atoms with Crippen LogP contribution in [0.2, 0.25) is 5.02 Å². The molecular weight excluding hydrogens is 728 g/mol. The molecule has 1 aromatic rings. The van der Waals surface area contributed by atoms with Crippen LogP contribution < -0.4 is 15.4 Å². The first-order valence-corrected chi connectivity index (χ1v) is 20.5. The van der Waals surface area contributed by atoms with Crippen LogP contribution in [0.15, 0.2) is 18.2 Å². The summed E-state index contributed by atoms with van der Waals surface area (Å²) in [5.41, 5.74) is -0.583. The normalized spacial score (nSPS) is 28.5. The van der Waals surface area contributed by atoms with Gasteiger partial charge < -0.3 is 25.0 Å². The number of hydrogen-bond acceptors (Lipinski definition) is 9. The van der Waals surface area contributed by atoms with Crippen molar-refractivity contribution in [1.82, 2.24) is 29.5 Å². The first-order valence-electron chi connectivity index (χ1n) is 18.7. The van der Waals surface area contributed by atoms with E-state index in [0.29, 0.717) is 50.2 Å². The third kappa shape index (κ3) is 9.02. The van der Waals surface area contributed by atoms with E-state index in [1.807, 2.05) is 12.1 Å². The first-order chi connectivity index (χ1) is 25.1. The zero-order valence-electron chi connectivity index (χ0n) is 30.7. The summed E-state index contributed by atoms with van der Waals surface area (Å²) in [5, 5.41) is 6.12. The van der Waals surface area contributed by atoms with Crippen molar-refractivity contribution in [2.45, 2.75) is 134 Å². The molecule has 0 aromatic heterocycles. The molecule has 0 bridgehead atoms. The Morgan fingerprint density at radius 1 is 0.981 bits per heavy atom. The summed E-state index contributed by atoms with van der Waals surface area (Å²) in [7, 11) is -4.12. The molecular formula is C36H51ClN6O9S. The Bertz CT molecular complexity index is 1710. The second-order valence-corrected chi connectivity index (χ2v) is 18.0. The zero-order valence-corrected chi connectivity index (χ0v) is 32.2.